The van der Waals surface area contributed by atoms with Crippen LogP contribution in [0.3, 0.4) is 0 Å². The van der Waals surface area contributed by atoms with Gasteiger partial charge in [-0.3, -0.25) is 10.2 Å². The molecule has 2 N–H and O–H groups in total. The topological polar surface area (TPSA) is 75.8 Å². The number of hydrogen-bond acceptors (Lipinski definition) is 4. The largest absolute Gasteiger partial charge is 0.576 e. The minimum atomic E-state index is 0.141. The van der Waals surface area contributed by atoms with Crippen LogP contribution in [0.4, 0.5) is 0 Å². The van der Waals surface area contributed by atoms with Gasteiger partial charge in [0, 0.05) is 0 Å². The quantitative estimate of drug-likeness (QED) is 0.776. The lowest BCUT2D eigenvalue weighted by atomic mass is 10.3. The summed E-state index contributed by atoms with van der Waals surface area (Å²) in [5, 5.41) is 13.8. The molecule has 0 aliphatic rings. The van der Waals surface area contributed by atoms with Gasteiger partial charge in [-0.2, -0.15) is 10.2 Å². The predicted molar refractivity (Wildman–Crippen MR) is 64.5 cm³/mol. The van der Waals surface area contributed by atoms with Crippen LogP contribution in [0.2, 0.25) is 0 Å². The van der Waals surface area contributed by atoms with Crippen molar-refractivity contribution in [3.8, 4) is 11.5 Å². The second kappa shape index (κ2) is 4.53. The molecule has 0 bridgehead atoms. The standard InChI is InChI=1S/C10H15BN4O2/c1-5-9(6(2)13-12-5)16-11-17-10-7(3)14-15-8(10)4/h11H,1-4H3,(H,12,13)(H,14,15). The number of H-pyrrole nitrogens is 2. The Morgan fingerprint density at radius 2 is 1.24 bits per heavy atom. The smallest absolute Gasteiger partial charge is 0.526 e. The fourth-order valence-corrected chi connectivity index (χ4v) is 1.65. The molecule has 2 aromatic heterocycles. The van der Waals surface area contributed by atoms with Gasteiger partial charge in [0.25, 0.3) is 0 Å². The third kappa shape index (κ3) is 2.27. The molecule has 2 heterocycles. The molecule has 0 unspecified atom stereocenters. The molecule has 2 aromatic rings. The lowest BCUT2D eigenvalue weighted by Crippen LogP contribution is -2.12. The Morgan fingerprint density at radius 3 is 1.53 bits per heavy atom. The van der Waals surface area contributed by atoms with E-state index in [0.29, 0.717) is 0 Å². The summed E-state index contributed by atoms with van der Waals surface area (Å²) in [5.41, 5.74) is 3.44. The van der Waals surface area contributed by atoms with Crippen LogP contribution in [0.15, 0.2) is 0 Å². The van der Waals surface area contributed by atoms with Crippen molar-refractivity contribution in [2.24, 2.45) is 0 Å². The van der Waals surface area contributed by atoms with Gasteiger partial charge in [-0.1, -0.05) is 0 Å². The molecular formula is C10H15BN4O2. The lowest BCUT2D eigenvalue weighted by molar-refractivity contribution is 0.451. The highest BCUT2D eigenvalue weighted by molar-refractivity contribution is 6.21. The SMILES string of the molecule is Cc1n[nH]c(C)c1OBOc1c(C)n[nH]c1C. The highest BCUT2D eigenvalue weighted by Crippen LogP contribution is 2.21. The van der Waals surface area contributed by atoms with Crippen LogP contribution < -0.4 is 9.31 Å². The van der Waals surface area contributed by atoms with E-state index in [1.165, 1.54) is 0 Å². The normalized spacial score (nSPS) is 10.4. The first kappa shape index (κ1) is 11.6. The van der Waals surface area contributed by atoms with Crippen LogP contribution in [0.1, 0.15) is 22.8 Å². The summed E-state index contributed by atoms with van der Waals surface area (Å²) < 4.78 is 11.1. The third-order valence-corrected chi connectivity index (χ3v) is 2.53. The van der Waals surface area contributed by atoms with Crippen molar-refractivity contribution in [2.45, 2.75) is 27.7 Å². The molecule has 17 heavy (non-hydrogen) atoms. The van der Waals surface area contributed by atoms with Crippen LogP contribution in [0.5, 0.6) is 11.5 Å². The van der Waals surface area contributed by atoms with Crippen LogP contribution in [0.25, 0.3) is 0 Å². The molecule has 6 nitrogen and oxygen atoms in total. The van der Waals surface area contributed by atoms with Crippen molar-refractivity contribution in [2.75, 3.05) is 0 Å². The van der Waals surface area contributed by atoms with Gasteiger partial charge in [-0.05, 0) is 27.7 Å². The summed E-state index contributed by atoms with van der Waals surface area (Å²) in [5.74, 6) is 1.48. The Bertz CT molecular complexity index is 435. The van der Waals surface area contributed by atoms with Gasteiger partial charge in [0.1, 0.15) is 11.5 Å². The van der Waals surface area contributed by atoms with Crippen LogP contribution in [0, 0.1) is 27.7 Å². The van der Waals surface area contributed by atoms with Gasteiger partial charge in [0.15, 0.2) is 0 Å². The molecule has 0 saturated carbocycles. The minimum absolute atomic E-state index is 0.141. The van der Waals surface area contributed by atoms with Crippen molar-refractivity contribution in [3.63, 3.8) is 0 Å². The highest BCUT2D eigenvalue weighted by Gasteiger charge is 2.12. The van der Waals surface area contributed by atoms with Crippen LogP contribution in [-0.2, 0) is 0 Å². The maximum atomic E-state index is 5.53. The fourth-order valence-electron chi connectivity index (χ4n) is 1.65. The zero-order valence-corrected chi connectivity index (χ0v) is 10.4. The lowest BCUT2D eigenvalue weighted by Gasteiger charge is -2.07. The monoisotopic (exact) mass is 234 g/mol. The first-order valence-corrected chi connectivity index (χ1v) is 5.38. The number of nitrogens with zero attached hydrogens (tertiary/aromatic N) is 2. The minimum Gasteiger partial charge on any atom is -0.526 e. The summed E-state index contributed by atoms with van der Waals surface area (Å²) in [6, 6.07) is 0. The van der Waals surface area contributed by atoms with Gasteiger partial charge in [-0.15, -0.1) is 0 Å². The molecule has 0 amide bonds. The zero-order chi connectivity index (χ0) is 12.4. The van der Waals surface area contributed by atoms with Crippen molar-refractivity contribution in [1.29, 1.82) is 0 Å². The molecule has 0 aromatic carbocycles. The van der Waals surface area contributed by atoms with Gasteiger partial charge in [0.05, 0.1) is 22.8 Å². The Kier molecular flexibility index (Phi) is 3.08. The Morgan fingerprint density at radius 1 is 0.824 bits per heavy atom. The summed E-state index contributed by atoms with van der Waals surface area (Å²) in [6.45, 7) is 7.58. The maximum absolute atomic E-state index is 5.53. The van der Waals surface area contributed by atoms with Crippen molar-refractivity contribution >= 4 is 7.69 Å². The summed E-state index contributed by atoms with van der Waals surface area (Å²) in [6.07, 6.45) is 0. The predicted octanol–water partition coefficient (Wildman–Crippen LogP) is 1.09. The van der Waals surface area contributed by atoms with E-state index in [-0.39, 0.29) is 7.69 Å². The van der Waals surface area contributed by atoms with E-state index in [0.717, 1.165) is 34.3 Å². The molecule has 90 valence electrons. The molecule has 0 saturated heterocycles. The average Bonchev–Trinajstić information content (AvgIpc) is 2.77. The number of aryl methyl sites for hydroxylation is 4. The fraction of sp³-hybridized carbons (Fsp3) is 0.400. The molecule has 0 aliphatic heterocycles. The van der Waals surface area contributed by atoms with E-state index in [9.17, 15) is 0 Å². The second-order valence-corrected chi connectivity index (χ2v) is 3.93. The first-order chi connectivity index (χ1) is 8.09. The first-order valence-electron chi connectivity index (χ1n) is 5.38. The van der Waals surface area contributed by atoms with Crippen LogP contribution in [-0.4, -0.2) is 28.1 Å². The van der Waals surface area contributed by atoms with Crippen molar-refractivity contribution in [3.05, 3.63) is 22.8 Å². The van der Waals surface area contributed by atoms with Gasteiger partial charge >= 0.3 is 7.69 Å². The molecular weight excluding hydrogens is 219 g/mol. The van der Waals surface area contributed by atoms with E-state index in [1.807, 2.05) is 27.7 Å². The number of hydrogen-bond donors (Lipinski definition) is 2. The van der Waals surface area contributed by atoms with E-state index in [4.69, 9.17) is 9.31 Å². The van der Waals surface area contributed by atoms with Crippen molar-refractivity contribution < 1.29 is 9.31 Å². The Hall–Kier alpha value is -1.92. The van der Waals surface area contributed by atoms with Gasteiger partial charge in [0.2, 0.25) is 0 Å². The number of aromatic amines is 2. The molecule has 7 heteroatoms. The number of rotatable bonds is 4. The van der Waals surface area contributed by atoms with E-state index >= 15 is 0 Å². The maximum Gasteiger partial charge on any atom is 0.576 e. The van der Waals surface area contributed by atoms with Crippen molar-refractivity contribution in [1.82, 2.24) is 20.4 Å². The molecule has 0 aliphatic carbocycles. The van der Waals surface area contributed by atoms with E-state index < -0.39 is 0 Å². The van der Waals surface area contributed by atoms with Gasteiger partial charge in [-0.25, -0.2) is 0 Å². The average molecular weight is 234 g/mol. The summed E-state index contributed by atoms with van der Waals surface area (Å²) in [4.78, 5) is 0. The van der Waals surface area contributed by atoms with Crippen LogP contribution >= 0.6 is 0 Å². The van der Waals surface area contributed by atoms with Gasteiger partial charge < -0.3 is 9.31 Å². The highest BCUT2D eigenvalue weighted by atomic mass is 16.6. The second-order valence-electron chi connectivity index (χ2n) is 3.93. The number of nitrogens with one attached hydrogen (secondary N) is 2. The zero-order valence-electron chi connectivity index (χ0n) is 10.4. The molecule has 0 radical (unpaired) electrons. The molecule has 0 atom stereocenters. The summed E-state index contributed by atoms with van der Waals surface area (Å²) in [7, 11) is 0.141. The Balaban J connectivity index is 1.97. The van der Waals surface area contributed by atoms with E-state index in [2.05, 4.69) is 20.4 Å². The molecule has 0 spiro atoms. The third-order valence-electron chi connectivity index (χ3n) is 2.53. The van der Waals surface area contributed by atoms with E-state index in [1.54, 1.807) is 0 Å². The molecule has 2 rings (SSSR count). The Labute approximate surface area is 100 Å². The summed E-state index contributed by atoms with van der Waals surface area (Å²) >= 11 is 0. The molecule has 0 fully saturated rings. The number of aromatic nitrogens is 4.